The topological polar surface area (TPSA) is 0 Å². The lowest BCUT2D eigenvalue weighted by atomic mass is 10.2. The third kappa shape index (κ3) is 4.30. The summed E-state index contributed by atoms with van der Waals surface area (Å²) in [7, 11) is 0. The van der Waals surface area contributed by atoms with Gasteiger partial charge in [0.25, 0.3) is 6.43 Å². The summed E-state index contributed by atoms with van der Waals surface area (Å²) < 4.78 is 92.4. The lowest BCUT2D eigenvalue weighted by Gasteiger charge is -2.13. The SMILES string of the molecule is FC(F)C(F)C(F)(F)C#CC(F)(F)F. The maximum atomic E-state index is 12.1. The Hall–Kier alpha value is -1.00. The fourth-order valence-electron chi connectivity index (χ4n) is 0.381. The maximum absolute atomic E-state index is 12.1. The second-order valence-electron chi connectivity index (χ2n) is 2.11. The highest BCUT2D eigenvalue weighted by atomic mass is 19.4. The van der Waals surface area contributed by atoms with E-state index in [1.165, 1.54) is 0 Å². The zero-order valence-electron chi connectivity index (χ0n) is 6.18. The summed E-state index contributed by atoms with van der Waals surface area (Å²) in [6, 6.07) is 0. The second-order valence-corrected chi connectivity index (χ2v) is 2.11. The van der Waals surface area contributed by atoms with Crippen LogP contribution in [0.2, 0.25) is 0 Å². The Balaban J connectivity index is 4.70. The quantitative estimate of drug-likeness (QED) is 0.501. The van der Waals surface area contributed by atoms with Gasteiger partial charge in [-0.3, -0.25) is 0 Å². The van der Waals surface area contributed by atoms with Crippen LogP contribution in [0.3, 0.4) is 0 Å². The van der Waals surface area contributed by atoms with Crippen molar-refractivity contribution in [1.82, 2.24) is 0 Å². The molecule has 0 heterocycles. The normalized spacial score (nSPS) is 14.9. The first-order valence-corrected chi connectivity index (χ1v) is 2.97. The largest absolute Gasteiger partial charge is 0.457 e. The van der Waals surface area contributed by atoms with E-state index in [0.717, 1.165) is 0 Å². The van der Waals surface area contributed by atoms with Gasteiger partial charge in [-0.05, 0) is 5.92 Å². The molecular formula is C6H2F8. The van der Waals surface area contributed by atoms with E-state index in [0.29, 0.717) is 0 Å². The van der Waals surface area contributed by atoms with Gasteiger partial charge in [0, 0.05) is 5.92 Å². The van der Waals surface area contributed by atoms with Gasteiger partial charge in [0.2, 0.25) is 6.17 Å². The average molecular weight is 226 g/mol. The van der Waals surface area contributed by atoms with Crippen LogP contribution in [0.4, 0.5) is 35.1 Å². The Labute approximate surface area is 72.9 Å². The van der Waals surface area contributed by atoms with Crippen LogP contribution in [0.25, 0.3) is 0 Å². The highest BCUT2D eigenvalue weighted by molar-refractivity contribution is 5.15. The molecule has 0 saturated carbocycles. The predicted octanol–water partition coefficient (Wildman–Crippen LogP) is 2.79. The number of rotatable bonds is 2. The van der Waals surface area contributed by atoms with Crippen molar-refractivity contribution in [1.29, 1.82) is 0 Å². The van der Waals surface area contributed by atoms with Gasteiger partial charge < -0.3 is 0 Å². The molecule has 14 heavy (non-hydrogen) atoms. The molecule has 0 N–H and O–H groups in total. The third-order valence-corrected chi connectivity index (χ3v) is 0.938. The fourth-order valence-corrected chi connectivity index (χ4v) is 0.381. The molecule has 0 radical (unpaired) electrons. The Kier molecular flexibility index (Phi) is 3.73. The highest BCUT2D eigenvalue weighted by Crippen LogP contribution is 2.26. The Morgan fingerprint density at radius 2 is 1.21 bits per heavy atom. The van der Waals surface area contributed by atoms with E-state index in [1.807, 2.05) is 0 Å². The summed E-state index contributed by atoms with van der Waals surface area (Å²) in [6.45, 7) is 0. The first-order chi connectivity index (χ1) is 6.06. The molecule has 0 aromatic heterocycles. The molecule has 0 aliphatic carbocycles. The van der Waals surface area contributed by atoms with Crippen molar-refractivity contribution in [2.45, 2.75) is 24.7 Å². The number of alkyl halides is 8. The molecule has 0 bridgehead atoms. The minimum absolute atomic E-state index is 0.0246. The van der Waals surface area contributed by atoms with E-state index >= 15 is 0 Å². The summed E-state index contributed by atoms with van der Waals surface area (Å²) in [4.78, 5) is 0. The summed E-state index contributed by atoms with van der Waals surface area (Å²) in [5.74, 6) is -4.87. The van der Waals surface area contributed by atoms with Crippen molar-refractivity contribution < 1.29 is 35.1 Å². The minimum Gasteiger partial charge on any atom is -0.233 e. The van der Waals surface area contributed by atoms with Crippen molar-refractivity contribution in [3.8, 4) is 11.8 Å². The molecule has 0 rings (SSSR count). The standard InChI is InChI=1S/C6H2F8/c7-3(4(8)9)5(10,11)1-2-6(12,13)14/h3-4H. The molecule has 0 aliphatic rings. The van der Waals surface area contributed by atoms with Crippen LogP contribution in [-0.4, -0.2) is 24.7 Å². The second kappa shape index (κ2) is 4.02. The molecule has 0 fully saturated rings. The summed E-state index contributed by atoms with van der Waals surface area (Å²) >= 11 is 0. The summed E-state index contributed by atoms with van der Waals surface area (Å²) in [5.41, 5.74) is 0. The molecule has 0 amide bonds. The number of halogens is 8. The molecule has 0 aromatic carbocycles. The van der Waals surface area contributed by atoms with Crippen molar-refractivity contribution in [2.75, 3.05) is 0 Å². The lowest BCUT2D eigenvalue weighted by Crippen LogP contribution is -2.34. The van der Waals surface area contributed by atoms with Crippen molar-refractivity contribution >= 4 is 0 Å². The smallest absolute Gasteiger partial charge is 0.233 e. The zero-order valence-corrected chi connectivity index (χ0v) is 6.18. The highest BCUT2D eigenvalue weighted by Gasteiger charge is 2.45. The van der Waals surface area contributed by atoms with Gasteiger partial charge >= 0.3 is 12.1 Å². The van der Waals surface area contributed by atoms with E-state index in [1.54, 1.807) is 0 Å². The van der Waals surface area contributed by atoms with Gasteiger partial charge in [-0.15, -0.1) is 0 Å². The van der Waals surface area contributed by atoms with Gasteiger partial charge in [-0.25, -0.2) is 13.2 Å². The van der Waals surface area contributed by atoms with Crippen LogP contribution in [0, 0.1) is 11.8 Å². The molecule has 82 valence electrons. The van der Waals surface area contributed by atoms with Crippen LogP contribution in [0.1, 0.15) is 0 Å². The van der Waals surface area contributed by atoms with Gasteiger partial charge in [0.1, 0.15) is 0 Å². The summed E-state index contributed by atoms with van der Waals surface area (Å²) in [5, 5.41) is 0. The Morgan fingerprint density at radius 3 is 1.50 bits per heavy atom. The lowest BCUT2D eigenvalue weighted by molar-refractivity contribution is -0.0926. The molecular weight excluding hydrogens is 224 g/mol. The first-order valence-electron chi connectivity index (χ1n) is 2.97. The Morgan fingerprint density at radius 1 is 0.786 bits per heavy atom. The first kappa shape index (κ1) is 13.0. The van der Waals surface area contributed by atoms with Gasteiger partial charge in [-0.1, -0.05) is 0 Å². The van der Waals surface area contributed by atoms with Crippen LogP contribution >= 0.6 is 0 Å². The molecule has 1 unspecified atom stereocenters. The van der Waals surface area contributed by atoms with Crippen molar-refractivity contribution in [3.05, 3.63) is 0 Å². The molecule has 8 heteroatoms. The van der Waals surface area contributed by atoms with E-state index < -0.39 is 24.7 Å². The van der Waals surface area contributed by atoms with Gasteiger partial charge in [0.05, 0.1) is 0 Å². The van der Waals surface area contributed by atoms with Gasteiger partial charge in [-0.2, -0.15) is 22.0 Å². The van der Waals surface area contributed by atoms with E-state index in [9.17, 15) is 35.1 Å². The van der Waals surface area contributed by atoms with Crippen LogP contribution < -0.4 is 0 Å². The molecule has 0 aliphatic heterocycles. The molecule has 0 saturated heterocycles. The van der Waals surface area contributed by atoms with E-state index in [-0.39, 0.29) is 11.8 Å². The Bertz CT molecular complexity index is 241. The van der Waals surface area contributed by atoms with Crippen molar-refractivity contribution in [2.24, 2.45) is 0 Å². The van der Waals surface area contributed by atoms with Crippen LogP contribution in [-0.2, 0) is 0 Å². The molecule has 0 spiro atoms. The average Bonchev–Trinajstić information content (AvgIpc) is 1.98. The van der Waals surface area contributed by atoms with E-state index in [2.05, 4.69) is 0 Å². The van der Waals surface area contributed by atoms with Gasteiger partial charge in [0.15, 0.2) is 0 Å². The molecule has 0 aromatic rings. The molecule has 1 atom stereocenters. The minimum atomic E-state index is -5.27. The predicted molar refractivity (Wildman–Crippen MR) is 29.7 cm³/mol. The monoisotopic (exact) mass is 226 g/mol. The molecule has 0 nitrogen and oxygen atoms in total. The zero-order chi connectivity index (χ0) is 11.6. The summed E-state index contributed by atoms with van der Waals surface area (Å²) in [6.07, 6.45) is -13.4. The fraction of sp³-hybridized carbons (Fsp3) is 0.667. The van der Waals surface area contributed by atoms with E-state index in [4.69, 9.17) is 0 Å². The van der Waals surface area contributed by atoms with Crippen LogP contribution in [0.15, 0.2) is 0 Å². The maximum Gasteiger partial charge on any atom is 0.457 e. The number of hydrogen-bond donors (Lipinski definition) is 0. The number of hydrogen-bond acceptors (Lipinski definition) is 0. The van der Waals surface area contributed by atoms with Crippen LogP contribution in [0.5, 0.6) is 0 Å². The van der Waals surface area contributed by atoms with Crippen molar-refractivity contribution in [3.63, 3.8) is 0 Å². The third-order valence-electron chi connectivity index (χ3n) is 0.938.